The number of amides is 1. The van der Waals surface area contributed by atoms with E-state index < -0.39 is 5.82 Å². The van der Waals surface area contributed by atoms with Crippen molar-refractivity contribution in [3.63, 3.8) is 0 Å². The molecule has 6 nitrogen and oxygen atoms in total. The second kappa shape index (κ2) is 6.51. The standard InChI is InChI=1S/C21H23FN4O2/c1-13-3-2-6-24-19(13)26-11-17-16(18-4-5-21(17,12-26)28-18)10-25-20(27)14-7-15(22)9-23-8-14/h2-3,6-9,16-18H,4-5,10-12H2,1H3,(H,25,27)/t16-,17+,18+,21+/m0/s1. The van der Waals surface area contributed by atoms with Crippen LogP contribution in [0.2, 0.25) is 0 Å². The minimum Gasteiger partial charge on any atom is -0.369 e. The molecule has 1 spiro atoms. The minimum atomic E-state index is -0.507. The number of nitrogens with one attached hydrogen (secondary N) is 1. The van der Waals surface area contributed by atoms with Gasteiger partial charge in [-0.1, -0.05) is 6.07 Å². The highest BCUT2D eigenvalue weighted by Crippen LogP contribution is 2.55. The Labute approximate surface area is 163 Å². The molecule has 3 fully saturated rings. The fourth-order valence-electron chi connectivity index (χ4n) is 5.28. The van der Waals surface area contributed by atoms with Crippen LogP contribution >= 0.6 is 0 Å². The zero-order valence-electron chi connectivity index (χ0n) is 15.8. The summed E-state index contributed by atoms with van der Waals surface area (Å²) in [5.74, 6) is 0.838. The number of hydrogen-bond acceptors (Lipinski definition) is 5. The molecule has 3 aliphatic heterocycles. The van der Waals surface area contributed by atoms with Crippen molar-refractivity contribution >= 4 is 11.7 Å². The first-order valence-corrected chi connectivity index (χ1v) is 9.79. The number of rotatable bonds is 4. The molecular weight excluding hydrogens is 359 g/mol. The average molecular weight is 382 g/mol. The summed E-state index contributed by atoms with van der Waals surface area (Å²) in [5.41, 5.74) is 1.28. The first-order chi connectivity index (χ1) is 13.6. The van der Waals surface area contributed by atoms with Gasteiger partial charge in [0.25, 0.3) is 5.91 Å². The Hall–Kier alpha value is -2.54. The quantitative estimate of drug-likeness (QED) is 0.879. The lowest BCUT2D eigenvalue weighted by molar-refractivity contribution is 0.0141. The molecule has 5 heterocycles. The highest BCUT2D eigenvalue weighted by molar-refractivity contribution is 5.93. The van der Waals surface area contributed by atoms with Gasteiger partial charge in [-0.3, -0.25) is 9.78 Å². The van der Waals surface area contributed by atoms with E-state index >= 15 is 0 Å². The highest BCUT2D eigenvalue weighted by atomic mass is 19.1. The van der Waals surface area contributed by atoms with Crippen LogP contribution in [0.15, 0.2) is 36.8 Å². The third kappa shape index (κ3) is 2.76. The summed E-state index contributed by atoms with van der Waals surface area (Å²) in [4.78, 5) is 23.1. The Bertz CT molecular complexity index is 923. The van der Waals surface area contributed by atoms with Gasteiger partial charge in [0.2, 0.25) is 0 Å². The van der Waals surface area contributed by atoms with Crippen LogP contribution in [-0.2, 0) is 4.74 Å². The molecule has 5 rings (SSSR count). The van der Waals surface area contributed by atoms with Crippen molar-refractivity contribution in [2.24, 2.45) is 11.8 Å². The zero-order chi connectivity index (χ0) is 19.3. The van der Waals surface area contributed by atoms with Crippen molar-refractivity contribution in [1.29, 1.82) is 0 Å². The van der Waals surface area contributed by atoms with E-state index in [-0.39, 0.29) is 29.1 Å². The van der Waals surface area contributed by atoms with Gasteiger partial charge in [0.05, 0.1) is 23.5 Å². The Morgan fingerprint density at radius 2 is 2.36 bits per heavy atom. The molecule has 0 radical (unpaired) electrons. The Morgan fingerprint density at radius 1 is 1.46 bits per heavy atom. The molecule has 0 saturated carbocycles. The topological polar surface area (TPSA) is 67.4 Å². The fraction of sp³-hybridized carbons (Fsp3) is 0.476. The number of pyridine rings is 2. The molecule has 2 aromatic rings. The lowest BCUT2D eigenvalue weighted by Gasteiger charge is -2.29. The van der Waals surface area contributed by atoms with Crippen LogP contribution in [0.5, 0.6) is 0 Å². The summed E-state index contributed by atoms with van der Waals surface area (Å²) in [6.45, 7) is 4.35. The van der Waals surface area contributed by atoms with Gasteiger partial charge in [-0.05, 0) is 37.5 Å². The molecular formula is C21H23FN4O2. The van der Waals surface area contributed by atoms with Crippen LogP contribution in [0.4, 0.5) is 10.2 Å². The van der Waals surface area contributed by atoms with Crippen molar-refractivity contribution in [2.45, 2.75) is 31.5 Å². The monoisotopic (exact) mass is 382 g/mol. The van der Waals surface area contributed by atoms with Gasteiger partial charge in [-0.25, -0.2) is 9.37 Å². The number of carbonyl (C=O) groups excluding carboxylic acids is 1. The van der Waals surface area contributed by atoms with E-state index in [9.17, 15) is 9.18 Å². The number of carbonyl (C=O) groups is 1. The molecule has 7 heteroatoms. The van der Waals surface area contributed by atoms with Crippen molar-refractivity contribution in [1.82, 2.24) is 15.3 Å². The smallest absolute Gasteiger partial charge is 0.252 e. The zero-order valence-corrected chi connectivity index (χ0v) is 15.8. The molecule has 3 aliphatic rings. The maximum absolute atomic E-state index is 13.3. The lowest BCUT2D eigenvalue weighted by atomic mass is 9.73. The number of aromatic nitrogens is 2. The number of aryl methyl sites for hydroxylation is 1. The largest absolute Gasteiger partial charge is 0.369 e. The number of halogens is 1. The first-order valence-electron chi connectivity index (χ1n) is 9.79. The molecule has 2 aromatic heterocycles. The maximum Gasteiger partial charge on any atom is 0.252 e. The van der Waals surface area contributed by atoms with Gasteiger partial charge in [0.1, 0.15) is 11.6 Å². The number of fused-ring (bicyclic) bond motifs is 1. The van der Waals surface area contributed by atoms with Gasteiger partial charge in [-0.15, -0.1) is 0 Å². The third-order valence-corrected chi connectivity index (χ3v) is 6.53. The third-order valence-electron chi connectivity index (χ3n) is 6.53. The Morgan fingerprint density at radius 3 is 3.18 bits per heavy atom. The molecule has 3 saturated heterocycles. The molecule has 2 bridgehead atoms. The minimum absolute atomic E-state index is 0.134. The van der Waals surface area contributed by atoms with E-state index in [0.717, 1.165) is 43.5 Å². The van der Waals surface area contributed by atoms with Crippen LogP contribution in [0.3, 0.4) is 0 Å². The number of ether oxygens (including phenoxy) is 1. The number of anilines is 1. The number of hydrogen-bond donors (Lipinski definition) is 1. The second-order valence-electron chi connectivity index (χ2n) is 8.16. The van der Waals surface area contributed by atoms with E-state index in [4.69, 9.17) is 4.74 Å². The molecule has 4 atom stereocenters. The van der Waals surface area contributed by atoms with Crippen LogP contribution in [0.1, 0.15) is 28.8 Å². The Kier molecular flexibility index (Phi) is 4.08. The van der Waals surface area contributed by atoms with Crippen molar-refractivity contribution in [3.05, 3.63) is 53.7 Å². The summed E-state index contributed by atoms with van der Waals surface area (Å²) in [6, 6.07) is 5.25. The van der Waals surface area contributed by atoms with Gasteiger partial charge in [-0.2, -0.15) is 0 Å². The van der Waals surface area contributed by atoms with E-state index in [1.54, 1.807) is 0 Å². The predicted molar refractivity (Wildman–Crippen MR) is 102 cm³/mol. The van der Waals surface area contributed by atoms with Gasteiger partial charge in [0, 0.05) is 43.9 Å². The molecule has 1 N–H and O–H groups in total. The fourth-order valence-corrected chi connectivity index (χ4v) is 5.28. The summed E-state index contributed by atoms with van der Waals surface area (Å²) < 4.78 is 19.8. The number of nitrogens with zero attached hydrogens (tertiary/aromatic N) is 3. The SMILES string of the molecule is Cc1cccnc1N1C[C@@H]2[C@H](CNC(=O)c3cncc(F)c3)[C@H]3CC[C@]2(C1)O3. The van der Waals surface area contributed by atoms with Crippen LogP contribution in [0.25, 0.3) is 0 Å². The van der Waals surface area contributed by atoms with Gasteiger partial charge < -0.3 is 15.0 Å². The first kappa shape index (κ1) is 17.6. The van der Waals surface area contributed by atoms with Crippen LogP contribution in [0, 0.1) is 24.6 Å². The molecule has 0 aliphatic carbocycles. The molecule has 146 valence electrons. The van der Waals surface area contributed by atoms with Gasteiger partial charge in [0.15, 0.2) is 0 Å². The summed E-state index contributed by atoms with van der Waals surface area (Å²) in [6.07, 6.45) is 6.58. The van der Waals surface area contributed by atoms with Crippen LogP contribution < -0.4 is 10.2 Å². The molecule has 28 heavy (non-hydrogen) atoms. The molecule has 0 aromatic carbocycles. The van der Waals surface area contributed by atoms with E-state index in [1.807, 2.05) is 12.3 Å². The summed E-state index contributed by atoms with van der Waals surface area (Å²) in [5, 5.41) is 2.97. The summed E-state index contributed by atoms with van der Waals surface area (Å²) in [7, 11) is 0. The van der Waals surface area contributed by atoms with E-state index in [0.29, 0.717) is 12.5 Å². The maximum atomic E-state index is 13.3. The van der Waals surface area contributed by atoms with Crippen LogP contribution in [-0.4, -0.2) is 47.2 Å². The molecule has 1 amide bonds. The van der Waals surface area contributed by atoms with Crippen molar-refractivity contribution < 1.29 is 13.9 Å². The van der Waals surface area contributed by atoms with E-state index in [1.165, 1.54) is 12.3 Å². The highest BCUT2D eigenvalue weighted by Gasteiger charge is 2.63. The predicted octanol–water partition coefficient (Wildman–Crippen LogP) is 2.34. The van der Waals surface area contributed by atoms with Crippen molar-refractivity contribution in [2.75, 3.05) is 24.5 Å². The Balaban J connectivity index is 1.31. The molecule has 0 unspecified atom stereocenters. The average Bonchev–Trinajstić information content (AvgIpc) is 3.35. The normalized spacial score (nSPS) is 30.5. The summed E-state index contributed by atoms with van der Waals surface area (Å²) >= 11 is 0. The van der Waals surface area contributed by atoms with Gasteiger partial charge >= 0.3 is 0 Å². The second-order valence-corrected chi connectivity index (χ2v) is 8.16. The van der Waals surface area contributed by atoms with Crippen molar-refractivity contribution in [3.8, 4) is 0 Å². The lowest BCUT2D eigenvalue weighted by Crippen LogP contribution is -2.41. The van der Waals surface area contributed by atoms with E-state index in [2.05, 4.69) is 33.2 Å².